The van der Waals surface area contributed by atoms with Crippen LogP contribution in [0.15, 0.2) is 60.6 Å². The molecule has 7 nitrogen and oxygen atoms in total. The van der Waals surface area contributed by atoms with Crippen LogP contribution in [0.5, 0.6) is 5.75 Å². The summed E-state index contributed by atoms with van der Waals surface area (Å²) in [6.07, 6.45) is 5.89. The van der Waals surface area contributed by atoms with E-state index < -0.39 is 35.5 Å². The van der Waals surface area contributed by atoms with Crippen LogP contribution in [0.3, 0.4) is 0 Å². The monoisotopic (exact) mass is 497 g/mol. The fraction of sp³-hybridized carbons (Fsp3) is 0.231. The molecule has 0 aliphatic carbocycles. The number of halogens is 3. The predicted octanol–water partition coefficient (Wildman–Crippen LogP) is 4.81. The summed E-state index contributed by atoms with van der Waals surface area (Å²) in [5, 5.41) is 0. The molecule has 1 fully saturated rings. The van der Waals surface area contributed by atoms with E-state index in [9.17, 15) is 18.0 Å². The Morgan fingerprint density at radius 2 is 1.92 bits per heavy atom. The van der Waals surface area contributed by atoms with Gasteiger partial charge in [-0.25, -0.2) is 18.2 Å². The number of rotatable bonds is 4. The molecule has 2 atom stereocenters. The van der Waals surface area contributed by atoms with E-state index in [0.29, 0.717) is 17.0 Å². The number of carbonyl (C=O) groups is 1. The Labute approximate surface area is 205 Å². The average Bonchev–Trinajstić information content (AvgIpc) is 3.30. The number of imidazole rings is 1. The highest BCUT2D eigenvalue weighted by atomic mass is 19.2. The number of fused-ring (bicyclic) bond motifs is 1. The zero-order valence-electron chi connectivity index (χ0n) is 19.7. The quantitative estimate of drug-likeness (QED) is 0.383. The smallest absolute Gasteiger partial charge is 0.294 e. The number of hydrogen-bond acceptors (Lipinski definition) is 5. The Morgan fingerprint density at radius 3 is 2.58 bits per heavy atom. The SMILES string of the molecule is COc1cc(C=C2O[C@@H](C)C3=COC[C@@H](c4cc(F)c(F)c(F)c4)N3C2=O)ccc1-n1cnc(C)c1. The number of morpholine rings is 1. The fourth-order valence-electron chi connectivity index (χ4n) is 4.32. The standard InChI is InChI=1S/C26H22F3N3O4/c1-14-10-31(13-30-14)20-5-4-16(6-23(20)34-3)7-24-26(33)32-21(15(2)36-24)11-35-12-22(32)17-8-18(27)25(29)19(28)9-17/h4-11,13,15,22H,12H2,1-3H3/t15-,22-/m0/s1. The van der Waals surface area contributed by atoms with E-state index in [1.807, 2.05) is 23.8 Å². The molecule has 2 aliphatic rings. The molecule has 0 bridgehead atoms. The van der Waals surface area contributed by atoms with Gasteiger partial charge in [0.1, 0.15) is 24.7 Å². The molecule has 186 valence electrons. The number of methoxy groups -OCH3 is 1. The third kappa shape index (κ3) is 4.08. The molecule has 1 saturated heterocycles. The number of aromatic nitrogens is 2. The van der Waals surface area contributed by atoms with Crippen LogP contribution in [-0.4, -0.2) is 40.2 Å². The van der Waals surface area contributed by atoms with Gasteiger partial charge in [-0.05, 0) is 55.3 Å². The zero-order chi connectivity index (χ0) is 25.6. The van der Waals surface area contributed by atoms with E-state index in [1.165, 1.54) is 11.2 Å². The highest BCUT2D eigenvalue weighted by molar-refractivity contribution is 5.98. The Kier molecular flexibility index (Phi) is 5.95. The van der Waals surface area contributed by atoms with E-state index in [1.54, 1.807) is 38.6 Å². The summed E-state index contributed by atoms with van der Waals surface area (Å²) in [4.78, 5) is 19.1. The lowest BCUT2D eigenvalue weighted by molar-refractivity contribution is -0.140. The van der Waals surface area contributed by atoms with Gasteiger partial charge in [0.05, 0.1) is 36.6 Å². The second-order valence-corrected chi connectivity index (χ2v) is 8.49. The molecule has 0 radical (unpaired) electrons. The van der Waals surface area contributed by atoms with Gasteiger partial charge in [-0.15, -0.1) is 0 Å². The van der Waals surface area contributed by atoms with Crippen LogP contribution in [0.25, 0.3) is 11.8 Å². The highest BCUT2D eigenvalue weighted by Gasteiger charge is 2.41. The van der Waals surface area contributed by atoms with Crippen LogP contribution in [0.4, 0.5) is 13.2 Å². The summed E-state index contributed by atoms with van der Waals surface area (Å²) >= 11 is 0. The Bertz CT molecular complexity index is 1390. The molecular formula is C26H22F3N3O4. The highest BCUT2D eigenvalue weighted by Crippen LogP contribution is 2.38. The van der Waals surface area contributed by atoms with Gasteiger partial charge in [-0.3, -0.25) is 9.69 Å². The third-order valence-electron chi connectivity index (χ3n) is 6.08. The number of carbonyl (C=O) groups excluding carboxylic acids is 1. The van der Waals surface area contributed by atoms with E-state index in [4.69, 9.17) is 14.2 Å². The number of nitrogens with zero attached hydrogens (tertiary/aromatic N) is 3. The molecule has 1 amide bonds. The maximum atomic E-state index is 14.0. The van der Waals surface area contributed by atoms with Gasteiger partial charge in [0.25, 0.3) is 5.91 Å². The molecule has 36 heavy (non-hydrogen) atoms. The van der Waals surface area contributed by atoms with Crippen molar-refractivity contribution in [3.05, 3.63) is 94.8 Å². The van der Waals surface area contributed by atoms with Crippen LogP contribution in [0.2, 0.25) is 0 Å². The first-order valence-corrected chi connectivity index (χ1v) is 11.1. The first kappa shape index (κ1) is 23.5. The summed E-state index contributed by atoms with van der Waals surface area (Å²) in [5.41, 5.74) is 2.72. The van der Waals surface area contributed by atoms with Crippen molar-refractivity contribution >= 4 is 12.0 Å². The van der Waals surface area contributed by atoms with Gasteiger partial charge in [-0.2, -0.15) is 0 Å². The number of amides is 1. The van der Waals surface area contributed by atoms with Gasteiger partial charge in [-0.1, -0.05) is 6.07 Å². The van der Waals surface area contributed by atoms with Gasteiger partial charge >= 0.3 is 0 Å². The van der Waals surface area contributed by atoms with Crippen LogP contribution in [0.1, 0.15) is 29.8 Å². The lowest BCUT2D eigenvalue weighted by Gasteiger charge is -2.42. The number of ether oxygens (including phenoxy) is 3. The minimum absolute atomic E-state index is 0.0304. The van der Waals surface area contributed by atoms with E-state index in [0.717, 1.165) is 23.5 Å². The molecule has 3 heterocycles. The maximum absolute atomic E-state index is 14.0. The molecule has 0 unspecified atom stereocenters. The zero-order valence-corrected chi connectivity index (χ0v) is 19.7. The second kappa shape index (κ2) is 9.10. The van der Waals surface area contributed by atoms with Crippen molar-refractivity contribution in [1.82, 2.24) is 14.5 Å². The third-order valence-corrected chi connectivity index (χ3v) is 6.08. The van der Waals surface area contributed by atoms with Crippen molar-refractivity contribution in [3.8, 4) is 11.4 Å². The van der Waals surface area contributed by atoms with E-state index in [-0.39, 0.29) is 17.9 Å². The Hall–Kier alpha value is -4.21. The molecule has 0 saturated carbocycles. The largest absolute Gasteiger partial charge is 0.497 e. The number of hydrogen-bond donors (Lipinski definition) is 0. The molecule has 5 rings (SSSR count). The predicted molar refractivity (Wildman–Crippen MR) is 123 cm³/mol. The normalized spacial score (nSPS) is 20.5. The lowest BCUT2D eigenvalue weighted by atomic mass is 10.0. The second-order valence-electron chi connectivity index (χ2n) is 8.49. The molecule has 2 aromatic carbocycles. The minimum Gasteiger partial charge on any atom is -0.497 e. The van der Waals surface area contributed by atoms with Crippen molar-refractivity contribution in [3.63, 3.8) is 0 Å². The van der Waals surface area contributed by atoms with Crippen molar-refractivity contribution in [2.45, 2.75) is 26.0 Å². The van der Waals surface area contributed by atoms with Crippen LogP contribution >= 0.6 is 0 Å². The first-order chi connectivity index (χ1) is 17.3. The van der Waals surface area contributed by atoms with Crippen LogP contribution in [0, 0.1) is 24.4 Å². The molecule has 2 aliphatic heterocycles. The van der Waals surface area contributed by atoms with Crippen molar-refractivity contribution in [2.75, 3.05) is 13.7 Å². The van der Waals surface area contributed by atoms with Gasteiger partial charge in [0.15, 0.2) is 23.2 Å². The van der Waals surface area contributed by atoms with E-state index in [2.05, 4.69) is 4.98 Å². The van der Waals surface area contributed by atoms with Gasteiger partial charge < -0.3 is 18.8 Å². The Balaban J connectivity index is 1.51. The fourth-order valence-corrected chi connectivity index (χ4v) is 4.32. The molecular weight excluding hydrogens is 475 g/mol. The van der Waals surface area contributed by atoms with Gasteiger partial charge in [0.2, 0.25) is 0 Å². The average molecular weight is 497 g/mol. The summed E-state index contributed by atoms with van der Waals surface area (Å²) in [5.74, 6) is -4.19. The van der Waals surface area contributed by atoms with Crippen molar-refractivity contribution < 1.29 is 32.2 Å². The molecule has 0 spiro atoms. The number of aryl methyl sites for hydroxylation is 1. The summed E-state index contributed by atoms with van der Waals surface area (Å²) in [6.45, 7) is 3.54. The molecule has 1 aromatic heterocycles. The van der Waals surface area contributed by atoms with Crippen LogP contribution in [-0.2, 0) is 14.3 Å². The lowest BCUT2D eigenvalue weighted by Crippen LogP contribution is -2.47. The summed E-state index contributed by atoms with van der Waals surface area (Å²) in [7, 11) is 1.54. The molecule has 0 N–H and O–H groups in total. The topological polar surface area (TPSA) is 65.8 Å². The Morgan fingerprint density at radius 1 is 1.17 bits per heavy atom. The van der Waals surface area contributed by atoms with Gasteiger partial charge in [0, 0.05) is 6.20 Å². The first-order valence-electron chi connectivity index (χ1n) is 11.1. The van der Waals surface area contributed by atoms with Crippen LogP contribution < -0.4 is 4.74 Å². The number of benzene rings is 2. The summed E-state index contributed by atoms with van der Waals surface area (Å²) in [6, 6.07) is 6.25. The van der Waals surface area contributed by atoms with Crippen molar-refractivity contribution in [2.24, 2.45) is 0 Å². The maximum Gasteiger partial charge on any atom is 0.294 e. The minimum atomic E-state index is -1.57. The molecule has 3 aromatic rings. The van der Waals surface area contributed by atoms with Crippen molar-refractivity contribution in [1.29, 1.82) is 0 Å². The van der Waals surface area contributed by atoms with E-state index >= 15 is 0 Å². The summed E-state index contributed by atoms with van der Waals surface area (Å²) < 4.78 is 60.1. The molecule has 10 heteroatoms.